The van der Waals surface area contributed by atoms with E-state index in [4.69, 9.17) is 9.84 Å². The molecule has 2 heterocycles. The van der Waals surface area contributed by atoms with E-state index in [1.165, 1.54) is 17.3 Å². The Labute approximate surface area is 115 Å². The lowest BCUT2D eigenvalue weighted by atomic mass is 10.3. The van der Waals surface area contributed by atoms with Crippen LogP contribution in [-0.2, 0) is 4.74 Å². The van der Waals surface area contributed by atoms with Gasteiger partial charge in [0.1, 0.15) is 12.4 Å². The molecule has 0 aliphatic carbocycles. The van der Waals surface area contributed by atoms with Crippen molar-refractivity contribution in [3.8, 4) is 0 Å². The minimum absolute atomic E-state index is 0.0284. The summed E-state index contributed by atoms with van der Waals surface area (Å²) in [4.78, 5) is 26.9. The molecule has 0 bridgehead atoms. The molecule has 1 aromatic heterocycles. The monoisotopic (exact) mass is 330 g/mol. The molecule has 1 aliphatic rings. The van der Waals surface area contributed by atoms with Crippen molar-refractivity contribution in [3.05, 3.63) is 49.1 Å². The summed E-state index contributed by atoms with van der Waals surface area (Å²) in [7, 11) is 0. The molecule has 102 valence electrons. The third kappa shape index (κ3) is 2.64. The topological polar surface area (TPSA) is 105 Å². The SMILES string of the molecule is O=c1[nH]c(=O)n([C@H]2CC(O)=C(CO)O2)cc1/C=C/Br. The molecule has 0 spiro atoms. The first-order chi connectivity index (χ1) is 9.06. The number of nitrogens with one attached hydrogen (secondary N) is 1. The van der Waals surface area contributed by atoms with Gasteiger partial charge in [0.25, 0.3) is 5.56 Å². The summed E-state index contributed by atoms with van der Waals surface area (Å²) in [5.74, 6) is -0.0798. The van der Waals surface area contributed by atoms with E-state index >= 15 is 0 Å². The fraction of sp³-hybridized carbons (Fsp3) is 0.273. The maximum Gasteiger partial charge on any atom is 0.331 e. The Kier molecular flexibility index (Phi) is 3.91. The lowest BCUT2D eigenvalue weighted by Gasteiger charge is -2.14. The molecule has 0 saturated heterocycles. The lowest BCUT2D eigenvalue weighted by molar-refractivity contribution is 0.0591. The molecular formula is C11H11BrN2O5. The normalized spacial score (nSPS) is 19.2. The number of H-pyrrole nitrogens is 1. The summed E-state index contributed by atoms with van der Waals surface area (Å²) >= 11 is 3.04. The highest BCUT2D eigenvalue weighted by molar-refractivity contribution is 9.11. The van der Waals surface area contributed by atoms with Crippen LogP contribution in [0.4, 0.5) is 0 Å². The molecular weight excluding hydrogens is 320 g/mol. The predicted octanol–water partition coefficient (Wildman–Crippen LogP) is 0.583. The third-order valence-electron chi connectivity index (χ3n) is 2.66. The number of hydrogen-bond acceptors (Lipinski definition) is 5. The highest BCUT2D eigenvalue weighted by Crippen LogP contribution is 2.29. The van der Waals surface area contributed by atoms with Crippen LogP contribution in [0, 0.1) is 0 Å². The van der Waals surface area contributed by atoms with E-state index in [1.54, 1.807) is 0 Å². The van der Waals surface area contributed by atoms with Crippen LogP contribution < -0.4 is 11.2 Å². The van der Waals surface area contributed by atoms with E-state index in [1.807, 2.05) is 0 Å². The summed E-state index contributed by atoms with van der Waals surface area (Å²) in [6, 6.07) is 0. The fourth-order valence-electron chi connectivity index (χ4n) is 1.74. The van der Waals surface area contributed by atoms with Gasteiger partial charge in [-0.1, -0.05) is 15.9 Å². The number of aromatic nitrogens is 2. The lowest BCUT2D eigenvalue weighted by Crippen LogP contribution is -2.33. The number of halogens is 1. The summed E-state index contributed by atoms with van der Waals surface area (Å²) in [6.07, 6.45) is 2.08. The van der Waals surface area contributed by atoms with Crippen molar-refractivity contribution in [3.63, 3.8) is 0 Å². The van der Waals surface area contributed by atoms with Crippen molar-refractivity contribution >= 4 is 22.0 Å². The average molecular weight is 331 g/mol. The molecule has 0 radical (unpaired) electrons. The van der Waals surface area contributed by atoms with E-state index in [0.717, 1.165) is 4.57 Å². The Morgan fingerprint density at radius 1 is 1.58 bits per heavy atom. The van der Waals surface area contributed by atoms with Crippen LogP contribution in [0.5, 0.6) is 0 Å². The zero-order valence-corrected chi connectivity index (χ0v) is 11.3. The Morgan fingerprint density at radius 2 is 2.32 bits per heavy atom. The van der Waals surface area contributed by atoms with Crippen molar-refractivity contribution in [2.75, 3.05) is 6.61 Å². The fourth-order valence-corrected chi connectivity index (χ4v) is 2.02. The second kappa shape index (κ2) is 5.45. The van der Waals surface area contributed by atoms with Gasteiger partial charge < -0.3 is 14.9 Å². The highest BCUT2D eigenvalue weighted by atomic mass is 79.9. The zero-order valence-electron chi connectivity index (χ0n) is 9.67. The van der Waals surface area contributed by atoms with Crippen LogP contribution in [0.15, 0.2) is 32.3 Å². The van der Waals surface area contributed by atoms with Gasteiger partial charge >= 0.3 is 5.69 Å². The van der Waals surface area contributed by atoms with Crippen molar-refractivity contribution in [2.24, 2.45) is 0 Å². The molecule has 0 fully saturated rings. The molecule has 1 atom stereocenters. The number of ether oxygens (including phenoxy) is 1. The van der Waals surface area contributed by atoms with Gasteiger partial charge in [-0.3, -0.25) is 14.3 Å². The van der Waals surface area contributed by atoms with Crippen molar-refractivity contribution < 1.29 is 14.9 Å². The minimum Gasteiger partial charge on any atom is -0.508 e. The quantitative estimate of drug-likeness (QED) is 0.752. The molecule has 8 heteroatoms. The van der Waals surface area contributed by atoms with Crippen LogP contribution >= 0.6 is 15.9 Å². The van der Waals surface area contributed by atoms with Crippen LogP contribution in [-0.4, -0.2) is 26.4 Å². The molecule has 19 heavy (non-hydrogen) atoms. The number of aromatic amines is 1. The number of nitrogens with zero attached hydrogens (tertiary/aromatic N) is 1. The molecule has 7 nitrogen and oxygen atoms in total. The van der Waals surface area contributed by atoms with Gasteiger partial charge in [0.15, 0.2) is 12.0 Å². The predicted molar refractivity (Wildman–Crippen MR) is 70.8 cm³/mol. The zero-order chi connectivity index (χ0) is 14.0. The van der Waals surface area contributed by atoms with Gasteiger partial charge in [0.05, 0.1) is 12.0 Å². The van der Waals surface area contributed by atoms with E-state index in [2.05, 4.69) is 20.9 Å². The maximum atomic E-state index is 11.7. The van der Waals surface area contributed by atoms with Gasteiger partial charge in [-0.2, -0.15) is 0 Å². The molecule has 0 amide bonds. The van der Waals surface area contributed by atoms with Gasteiger partial charge in [0, 0.05) is 6.20 Å². The van der Waals surface area contributed by atoms with Crippen LogP contribution in [0.2, 0.25) is 0 Å². The number of rotatable bonds is 3. The van der Waals surface area contributed by atoms with Gasteiger partial charge in [-0.25, -0.2) is 4.79 Å². The summed E-state index contributed by atoms with van der Waals surface area (Å²) in [6.45, 7) is -0.450. The average Bonchev–Trinajstić information content (AvgIpc) is 2.74. The summed E-state index contributed by atoms with van der Waals surface area (Å²) < 4.78 is 6.40. The molecule has 1 aromatic rings. The standard InChI is InChI=1S/C11H11BrN2O5/c12-2-1-6-4-14(11(18)13-10(6)17)9-3-7(16)8(5-15)19-9/h1-2,4,9,15-16H,3,5H2,(H,13,17,18)/b2-1+/t9-/m1/s1. The first-order valence-electron chi connectivity index (χ1n) is 5.37. The van der Waals surface area contributed by atoms with Crippen LogP contribution in [0.25, 0.3) is 6.08 Å². The maximum absolute atomic E-state index is 11.7. The first kappa shape index (κ1) is 13.6. The largest absolute Gasteiger partial charge is 0.508 e. The first-order valence-corrected chi connectivity index (χ1v) is 6.29. The smallest absolute Gasteiger partial charge is 0.331 e. The molecule has 2 rings (SSSR count). The van der Waals surface area contributed by atoms with E-state index in [0.29, 0.717) is 0 Å². The summed E-state index contributed by atoms with van der Waals surface area (Å²) in [5.41, 5.74) is -0.903. The third-order valence-corrected chi connectivity index (χ3v) is 2.92. The Bertz CT molecular complexity index is 658. The minimum atomic E-state index is -0.783. The second-order valence-corrected chi connectivity index (χ2v) is 4.38. The van der Waals surface area contributed by atoms with Gasteiger partial charge in [0.2, 0.25) is 0 Å². The highest BCUT2D eigenvalue weighted by Gasteiger charge is 2.27. The van der Waals surface area contributed by atoms with Crippen molar-refractivity contribution in [1.82, 2.24) is 9.55 Å². The molecule has 0 unspecified atom stereocenters. The molecule has 3 N–H and O–H groups in total. The van der Waals surface area contributed by atoms with E-state index in [-0.39, 0.29) is 23.5 Å². The number of aliphatic hydroxyl groups excluding tert-OH is 2. The Hall–Kier alpha value is -1.80. The van der Waals surface area contributed by atoms with Crippen molar-refractivity contribution in [1.29, 1.82) is 0 Å². The van der Waals surface area contributed by atoms with Crippen LogP contribution in [0.1, 0.15) is 18.2 Å². The van der Waals surface area contributed by atoms with E-state index in [9.17, 15) is 14.7 Å². The van der Waals surface area contributed by atoms with Gasteiger partial charge in [-0.15, -0.1) is 0 Å². The molecule has 0 saturated carbocycles. The molecule has 0 aromatic carbocycles. The Morgan fingerprint density at radius 3 is 2.89 bits per heavy atom. The van der Waals surface area contributed by atoms with Crippen LogP contribution in [0.3, 0.4) is 0 Å². The second-order valence-electron chi connectivity index (χ2n) is 3.85. The summed E-state index contributed by atoms with van der Waals surface area (Å²) in [5, 5.41) is 18.5. The van der Waals surface area contributed by atoms with E-state index < -0.39 is 24.1 Å². The molecule has 1 aliphatic heterocycles. The van der Waals surface area contributed by atoms with Gasteiger partial charge in [-0.05, 0) is 11.1 Å². The Balaban J connectivity index is 2.40. The van der Waals surface area contributed by atoms with Crippen molar-refractivity contribution in [2.45, 2.75) is 12.6 Å². The number of hydrogen-bond donors (Lipinski definition) is 3. The number of aliphatic hydroxyl groups is 2.